The van der Waals surface area contributed by atoms with Gasteiger partial charge >= 0.3 is 0 Å². The third-order valence-corrected chi connectivity index (χ3v) is 1.50. The Bertz CT molecular complexity index is 344. The van der Waals surface area contributed by atoms with Crippen LogP contribution in [0.15, 0.2) is 12.3 Å². The van der Waals surface area contributed by atoms with Crippen LogP contribution in [0, 0.1) is 11.3 Å². The normalized spacial score (nSPS) is 10.1. The van der Waals surface area contributed by atoms with E-state index in [1.165, 1.54) is 0 Å². The first-order chi connectivity index (χ1) is 6.19. The molecule has 0 unspecified atom stereocenters. The van der Waals surface area contributed by atoms with Crippen molar-refractivity contribution in [2.45, 2.75) is 13.1 Å². The fourth-order valence-corrected chi connectivity index (χ4v) is 0.830. The van der Waals surface area contributed by atoms with Crippen molar-refractivity contribution in [3.63, 3.8) is 0 Å². The number of alkyl halides is 3. The summed E-state index contributed by atoms with van der Waals surface area (Å²) in [5.41, 5.74) is -0.562. The van der Waals surface area contributed by atoms with Crippen LogP contribution < -0.4 is 0 Å². The molecule has 0 aliphatic carbocycles. The lowest BCUT2D eigenvalue weighted by Crippen LogP contribution is -1.95. The molecule has 1 heterocycles. The summed E-state index contributed by atoms with van der Waals surface area (Å²) in [7, 11) is 0. The molecule has 1 aromatic heterocycles. The first-order valence-corrected chi connectivity index (χ1v) is 3.42. The summed E-state index contributed by atoms with van der Waals surface area (Å²) in [6.45, 7) is -0.876. The second kappa shape index (κ2) is 3.90. The Kier molecular flexibility index (Phi) is 2.85. The number of hydrogen-bond acceptors (Lipinski definition) is 2. The SMILES string of the molecule is N#Cc1cc(C(F)F)ncc1CF. The Hall–Kier alpha value is -1.57. The van der Waals surface area contributed by atoms with Gasteiger partial charge in [-0.2, -0.15) is 5.26 Å². The van der Waals surface area contributed by atoms with Crippen LogP contribution in [0.25, 0.3) is 0 Å². The van der Waals surface area contributed by atoms with Crippen molar-refractivity contribution in [2.75, 3.05) is 0 Å². The molecular weight excluding hydrogens is 181 g/mol. The Morgan fingerprint density at radius 2 is 2.23 bits per heavy atom. The number of halogens is 3. The molecule has 1 rings (SSSR count). The quantitative estimate of drug-likeness (QED) is 0.710. The molecule has 13 heavy (non-hydrogen) atoms. The minimum absolute atomic E-state index is 0.0342. The first-order valence-electron chi connectivity index (χ1n) is 3.42. The molecule has 0 aromatic carbocycles. The van der Waals surface area contributed by atoms with E-state index in [1.54, 1.807) is 6.07 Å². The van der Waals surface area contributed by atoms with Gasteiger partial charge in [0.25, 0.3) is 6.43 Å². The van der Waals surface area contributed by atoms with Crippen LogP contribution in [0.1, 0.15) is 23.2 Å². The molecule has 2 nitrogen and oxygen atoms in total. The molecule has 0 bridgehead atoms. The van der Waals surface area contributed by atoms with Crippen LogP contribution in [-0.2, 0) is 6.67 Å². The Balaban J connectivity index is 3.15. The number of pyridine rings is 1. The summed E-state index contributed by atoms with van der Waals surface area (Å²) >= 11 is 0. The van der Waals surface area contributed by atoms with Crippen molar-refractivity contribution in [2.24, 2.45) is 0 Å². The van der Waals surface area contributed by atoms with E-state index in [2.05, 4.69) is 4.98 Å². The maximum atomic E-state index is 12.1. The van der Waals surface area contributed by atoms with Gasteiger partial charge in [-0.1, -0.05) is 0 Å². The van der Waals surface area contributed by atoms with Crippen LogP contribution in [0.3, 0.4) is 0 Å². The number of hydrogen-bond donors (Lipinski definition) is 0. The van der Waals surface area contributed by atoms with Crippen molar-refractivity contribution in [1.82, 2.24) is 4.98 Å². The predicted molar refractivity (Wildman–Crippen MR) is 38.7 cm³/mol. The van der Waals surface area contributed by atoms with Crippen LogP contribution in [0.5, 0.6) is 0 Å². The van der Waals surface area contributed by atoms with E-state index < -0.39 is 18.8 Å². The van der Waals surface area contributed by atoms with Gasteiger partial charge in [0.05, 0.1) is 11.6 Å². The highest BCUT2D eigenvalue weighted by Crippen LogP contribution is 2.19. The average molecular weight is 186 g/mol. The lowest BCUT2D eigenvalue weighted by Gasteiger charge is -2.01. The molecule has 0 N–H and O–H groups in total. The Morgan fingerprint density at radius 3 is 2.69 bits per heavy atom. The van der Waals surface area contributed by atoms with Crippen molar-refractivity contribution in [1.29, 1.82) is 5.26 Å². The molecule has 5 heteroatoms. The highest BCUT2D eigenvalue weighted by molar-refractivity contribution is 5.37. The maximum absolute atomic E-state index is 12.1. The number of nitriles is 1. The third kappa shape index (κ3) is 1.96. The topological polar surface area (TPSA) is 36.7 Å². The van der Waals surface area contributed by atoms with Crippen LogP contribution in [-0.4, -0.2) is 4.98 Å². The molecule has 1 aromatic rings. The van der Waals surface area contributed by atoms with Crippen molar-refractivity contribution < 1.29 is 13.2 Å². The van der Waals surface area contributed by atoms with E-state index in [0.29, 0.717) is 0 Å². The molecule has 0 spiro atoms. The zero-order valence-corrected chi connectivity index (χ0v) is 6.47. The zero-order valence-electron chi connectivity index (χ0n) is 6.47. The summed E-state index contributed by atoms with van der Waals surface area (Å²) in [5, 5.41) is 8.47. The third-order valence-electron chi connectivity index (χ3n) is 1.50. The van der Waals surface area contributed by atoms with Gasteiger partial charge in [0.15, 0.2) is 0 Å². The minimum Gasteiger partial charge on any atom is -0.255 e. The summed E-state index contributed by atoms with van der Waals surface area (Å²) in [5.74, 6) is 0. The fourth-order valence-electron chi connectivity index (χ4n) is 0.830. The van der Waals surface area contributed by atoms with Crippen molar-refractivity contribution >= 4 is 0 Å². The van der Waals surface area contributed by atoms with Crippen molar-refractivity contribution in [3.05, 3.63) is 29.1 Å². The van der Waals surface area contributed by atoms with E-state index in [9.17, 15) is 13.2 Å². The van der Waals surface area contributed by atoms with Crippen LogP contribution in [0.2, 0.25) is 0 Å². The monoisotopic (exact) mass is 186 g/mol. The van der Waals surface area contributed by atoms with Gasteiger partial charge in [-0.05, 0) is 6.07 Å². The molecule has 0 aliphatic heterocycles. The van der Waals surface area contributed by atoms with Gasteiger partial charge in [-0.25, -0.2) is 13.2 Å². The summed E-state index contributed by atoms with van der Waals surface area (Å²) in [4.78, 5) is 3.32. The molecule has 0 radical (unpaired) electrons. The molecule has 0 atom stereocenters. The second-order valence-electron chi connectivity index (χ2n) is 2.31. The molecular formula is C8H5F3N2. The van der Waals surface area contributed by atoms with Crippen molar-refractivity contribution in [3.8, 4) is 6.07 Å². The van der Waals surface area contributed by atoms with Gasteiger partial charge in [0, 0.05) is 11.8 Å². The fraction of sp³-hybridized carbons (Fsp3) is 0.250. The van der Waals surface area contributed by atoms with E-state index in [0.717, 1.165) is 12.3 Å². The summed E-state index contributed by atoms with van der Waals surface area (Å²) in [6, 6.07) is 2.53. The van der Waals surface area contributed by atoms with E-state index in [-0.39, 0.29) is 11.1 Å². The van der Waals surface area contributed by atoms with Gasteiger partial charge in [-0.15, -0.1) is 0 Å². The van der Waals surface area contributed by atoms with Crippen LogP contribution in [0.4, 0.5) is 13.2 Å². The molecule has 0 aliphatic rings. The highest BCUT2D eigenvalue weighted by atomic mass is 19.3. The molecule has 68 valence electrons. The smallest absolute Gasteiger partial charge is 0.255 e. The van der Waals surface area contributed by atoms with E-state index in [1.807, 2.05) is 0 Å². The predicted octanol–water partition coefficient (Wildman–Crippen LogP) is 2.36. The van der Waals surface area contributed by atoms with E-state index in [4.69, 9.17) is 5.26 Å². The second-order valence-corrected chi connectivity index (χ2v) is 2.31. The van der Waals surface area contributed by atoms with Gasteiger partial charge in [0.1, 0.15) is 12.4 Å². The zero-order chi connectivity index (χ0) is 9.84. The number of aromatic nitrogens is 1. The van der Waals surface area contributed by atoms with Gasteiger partial charge in [0.2, 0.25) is 0 Å². The molecule has 0 saturated heterocycles. The lowest BCUT2D eigenvalue weighted by molar-refractivity contribution is 0.146. The Morgan fingerprint density at radius 1 is 1.54 bits per heavy atom. The van der Waals surface area contributed by atoms with Crippen LogP contribution >= 0.6 is 0 Å². The number of nitrogens with zero attached hydrogens (tertiary/aromatic N) is 2. The highest BCUT2D eigenvalue weighted by Gasteiger charge is 2.11. The Labute approximate surface area is 72.6 Å². The molecule has 0 saturated carbocycles. The standard InChI is InChI=1S/C8H5F3N2/c9-2-6-4-13-7(8(10)11)1-5(6)3-12/h1,4,8H,2H2. The lowest BCUT2D eigenvalue weighted by atomic mass is 10.1. The molecule has 0 amide bonds. The summed E-state index contributed by atoms with van der Waals surface area (Å²) in [6.07, 6.45) is -1.78. The minimum atomic E-state index is -2.74. The van der Waals surface area contributed by atoms with E-state index >= 15 is 0 Å². The average Bonchev–Trinajstić information content (AvgIpc) is 2.16. The van der Waals surface area contributed by atoms with Gasteiger partial charge < -0.3 is 0 Å². The number of rotatable bonds is 2. The first kappa shape index (κ1) is 9.52. The largest absolute Gasteiger partial charge is 0.280 e. The summed E-state index contributed by atoms with van der Waals surface area (Å²) < 4.78 is 36.2. The maximum Gasteiger partial charge on any atom is 0.280 e. The molecule has 0 fully saturated rings. The van der Waals surface area contributed by atoms with Gasteiger partial charge in [-0.3, -0.25) is 4.98 Å².